The van der Waals surface area contributed by atoms with Crippen LogP contribution in [0.25, 0.3) is 0 Å². The summed E-state index contributed by atoms with van der Waals surface area (Å²) in [6.07, 6.45) is 1.50. The number of ether oxygens (including phenoxy) is 2. The van der Waals surface area contributed by atoms with Crippen molar-refractivity contribution in [2.24, 2.45) is 5.10 Å². The number of rotatable bonds is 7. The Hall–Kier alpha value is -2.72. The summed E-state index contributed by atoms with van der Waals surface area (Å²) in [5.41, 5.74) is 5.56. The summed E-state index contributed by atoms with van der Waals surface area (Å²) in [5.74, 6) is 0.318. The van der Waals surface area contributed by atoms with Crippen LogP contribution in [0.3, 0.4) is 0 Å². The molecular weight excluding hydrogens is 587 g/mol. The number of hydrogen-bond acceptors (Lipinski definition) is 5. The Morgan fingerprint density at radius 2 is 1.72 bits per heavy atom. The molecule has 0 aliphatic carbocycles. The standard InChI is InChI=1S/C24H20BrIN2O4/c1-15-11-18(25)12-16(2)23(15)31-14-22(29)28-27-13-17-7-9-19(10-8-17)32-24(30)20-5-3-4-6-21(20)26/h3-13H,14H2,1-2H3,(H,28,29)/b27-13+. The second-order valence-corrected chi connectivity index (χ2v) is 8.97. The highest BCUT2D eigenvalue weighted by molar-refractivity contribution is 14.1. The fourth-order valence-electron chi connectivity index (χ4n) is 2.88. The van der Waals surface area contributed by atoms with E-state index in [0.717, 1.165) is 24.7 Å². The van der Waals surface area contributed by atoms with E-state index in [1.54, 1.807) is 36.4 Å². The van der Waals surface area contributed by atoms with Crippen LogP contribution in [-0.2, 0) is 4.79 Å². The second-order valence-electron chi connectivity index (χ2n) is 6.89. The Labute approximate surface area is 208 Å². The highest BCUT2D eigenvalue weighted by Gasteiger charge is 2.12. The molecule has 0 unspecified atom stereocenters. The molecule has 0 heterocycles. The summed E-state index contributed by atoms with van der Waals surface area (Å²) in [6.45, 7) is 3.70. The fraction of sp³-hybridized carbons (Fsp3) is 0.125. The van der Waals surface area contributed by atoms with Gasteiger partial charge in [0.1, 0.15) is 11.5 Å². The SMILES string of the molecule is Cc1cc(Br)cc(C)c1OCC(=O)N/N=C/c1ccc(OC(=O)c2ccccc2I)cc1. The summed E-state index contributed by atoms with van der Waals surface area (Å²) in [7, 11) is 0. The molecule has 0 atom stereocenters. The van der Waals surface area contributed by atoms with E-state index in [2.05, 4.69) is 49.0 Å². The van der Waals surface area contributed by atoms with Crippen molar-refractivity contribution in [2.45, 2.75) is 13.8 Å². The molecule has 0 fully saturated rings. The summed E-state index contributed by atoms with van der Waals surface area (Å²) in [4.78, 5) is 24.3. The molecule has 3 aromatic rings. The van der Waals surface area contributed by atoms with Gasteiger partial charge < -0.3 is 9.47 Å². The number of halogens is 2. The van der Waals surface area contributed by atoms with Crippen LogP contribution in [0.15, 0.2) is 70.2 Å². The van der Waals surface area contributed by atoms with Crippen LogP contribution in [0, 0.1) is 17.4 Å². The molecular formula is C24H20BrIN2O4. The number of carbonyl (C=O) groups is 2. The molecule has 0 aliphatic rings. The maximum atomic E-state index is 12.3. The fourth-order valence-corrected chi connectivity index (χ4v) is 4.18. The number of aryl methyl sites for hydroxylation is 2. The molecule has 8 heteroatoms. The number of benzene rings is 3. The van der Waals surface area contributed by atoms with Gasteiger partial charge in [0.25, 0.3) is 5.91 Å². The van der Waals surface area contributed by atoms with E-state index in [-0.39, 0.29) is 12.5 Å². The lowest BCUT2D eigenvalue weighted by Crippen LogP contribution is -2.25. The predicted molar refractivity (Wildman–Crippen MR) is 135 cm³/mol. The maximum Gasteiger partial charge on any atom is 0.344 e. The zero-order valence-corrected chi connectivity index (χ0v) is 21.1. The van der Waals surface area contributed by atoms with Crippen LogP contribution in [0.5, 0.6) is 11.5 Å². The number of esters is 1. The van der Waals surface area contributed by atoms with Crippen molar-refractivity contribution < 1.29 is 19.1 Å². The molecule has 164 valence electrons. The molecule has 1 amide bonds. The van der Waals surface area contributed by atoms with Crippen molar-refractivity contribution in [1.82, 2.24) is 5.43 Å². The van der Waals surface area contributed by atoms with Gasteiger partial charge in [-0.3, -0.25) is 4.79 Å². The summed E-state index contributed by atoms with van der Waals surface area (Å²) in [5, 5.41) is 3.94. The van der Waals surface area contributed by atoms with Gasteiger partial charge in [0.2, 0.25) is 0 Å². The van der Waals surface area contributed by atoms with Crippen molar-refractivity contribution in [3.05, 3.63) is 91.0 Å². The molecule has 0 saturated heterocycles. The Kier molecular flexibility index (Phi) is 8.40. The third kappa shape index (κ3) is 6.64. The highest BCUT2D eigenvalue weighted by atomic mass is 127. The zero-order chi connectivity index (χ0) is 23.1. The predicted octanol–water partition coefficient (Wildman–Crippen LogP) is 5.42. The number of carbonyl (C=O) groups excluding carboxylic acids is 2. The van der Waals surface area contributed by atoms with E-state index in [0.29, 0.717) is 17.1 Å². The molecule has 32 heavy (non-hydrogen) atoms. The lowest BCUT2D eigenvalue weighted by molar-refractivity contribution is -0.123. The molecule has 0 bridgehead atoms. The highest BCUT2D eigenvalue weighted by Crippen LogP contribution is 2.27. The maximum absolute atomic E-state index is 12.3. The number of amides is 1. The average Bonchev–Trinajstić information content (AvgIpc) is 2.74. The smallest absolute Gasteiger partial charge is 0.344 e. The van der Waals surface area contributed by atoms with Gasteiger partial charge in [0.15, 0.2) is 6.61 Å². The van der Waals surface area contributed by atoms with Crippen LogP contribution in [0.2, 0.25) is 0 Å². The summed E-state index contributed by atoms with van der Waals surface area (Å²) >= 11 is 5.53. The van der Waals surface area contributed by atoms with Crippen LogP contribution >= 0.6 is 38.5 Å². The van der Waals surface area contributed by atoms with E-state index < -0.39 is 5.97 Å². The van der Waals surface area contributed by atoms with Crippen molar-refractivity contribution in [1.29, 1.82) is 0 Å². The summed E-state index contributed by atoms with van der Waals surface area (Å²) in [6, 6.07) is 17.9. The second kappa shape index (κ2) is 11.2. The average molecular weight is 607 g/mol. The Bertz CT molecular complexity index is 1140. The van der Waals surface area contributed by atoms with Crippen LogP contribution in [-0.4, -0.2) is 24.7 Å². The van der Waals surface area contributed by atoms with E-state index in [9.17, 15) is 9.59 Å². The van der Waals surface area contributed by atoms with Crippen molar-refractivity contribution in [3.8, 4) is 11.5 Å². The normalized spacial score (nSPS) is 10.8. The van der Waals surface area contributed by atoms with Gasteiger partial charge in [-0.05, 0) is 102 Å². The first-order valence-corrected chi connectivity index (χ1v) is 11.5. The number of nitrogens with zero attached hydrogens (tertiary/aromatic N) is 1. The molecule has 3 aromatic carbocycles. The molecule has 0 spiro atoms. The Balaban J connectivity index is 1.50. The minimum Gasteiger partial charge on any atom is -0.483 e. The van der Waals surface area contributed by atoms with E-state index in [1.807, 2.05) is 38.1 Å². The van der Waals surface area contributed by atoms with Crippen molar-refractivity contribution >= 4 is 56.6 Å². The lowest BCUT2D eigenvalue weighted by atomic mass is 10.1. The summed E-state index contributed by atoms with van der Waals surface area (Å²) < 4.78 is 12.8. The van der Waals surface area contributed by atoms with Gasteiger partial charge in [-0.25, -0.2) is 10.2 Å². The molecule has 0 saturated carbocycles. The van der Waals surface area contributed by atoms with Gasteiger partial charge in [-0.2, -0.15) is 5.10 Å². The van der Waals surface area contributed by atoms with Crippen LogP contribution < -0.4 is 14.9 Å². The monoisotopic (exact) mass is 606 g/mol. The first-order valence-electron chi connectivity index (χ1n) is 9.61. The molecule has 0 aromatic heterocycles. The number of hydrogen-bond donors (Lipinski definition) is 1. The third-order valence-corrected chi connectivity index (χ3v) is 5.76. The topological polar surface area (TPSA) is 77.0 Å². The Morgan fingerprint density at radius 3 is 2.38 bits per heavy atom. The Morgan fingerprint density at radius 1 is 1.06 bits per heavy atom. The van der Waals surface area contributed by atoms with E-state index in [1.165, 1.54) is 6.21 Å². The largest absolute Gasteiger partial charge is 0.483 e. The number of hydrazone groups is 1. The zero-order valence-electron chi connectivity index (χ0n) is 17.4. The molecule has 0 aliphatic heterocycles. The van der Waals surface area contributed by atoms with Crippen LogP contribution in [0.1, 0.15) is 27.0 Å². The molecule has 3 rings (SSSR count). The molecule has 6 nitrogen and oxygen atoms in total. The lowest BCUT2D eigenvalue weighted by Gasteiger charge is -2.11. The van der Waals surface area contributed by atoms with Gasteiger partial charge in [-0.15, -0.1) is 0 Å². The van der Waals surface area contributed by atoms with Crippen molar-refractivity contribution in [2.75, 3.05) is 6.61 Å². The number of nitrogens with one attached hydrogen (secondary N) is 1. The van der Waals surface area contributed by atoms with Gasteiger partial charge in [-0.1, -0.05) is 28.1 Å². The van der Waals surface area contributed by atoms with Gasteiger partial charge >= 0.3 is 5.97 Å². The van der Waals surface area contributed by atoms with Gasteiger partial charge in [0.05, 0.1) is 11.8 Å². The third-order valence-electron chi connectivity index (χ3n) is 4.36. The first-order chi connectivity index (χ1) is 15.3. The molecule has 1 N–H and O–H groups in total. The van der Waals surface area contributed by atoms with E-state index in [4.69, 9.17) is 9.47 Å². The molecule has 0 radical (unpaired) electrons. The van der Waals surface area contributed by atoms with Gasteiger partial charge in [0, 0.05) is 8.04 Å². The minimum absolute atomic E-state index is 0.145. The quantitative estimate of drug-likeness (QED) is 0.128. The van der Waals surface area contributed by atoms with Crippen LogP contribution in [0.4, 0.5) is 0 Å². The first kappa shape index (κ1) is 23.9. The van der Waals surface area contributed by atoms with Crippen molar-refractivity contribution in [3.63, 3.8) is 0 Å². The van der Waals surface area contributed by atoms with E-state index >= 15 is 0 Å². The minimum atomic E-state index is -0.417.